The van der Waals surface area contributed by atoms with Gasteiger partial charge in [-0.1, -0.05) is 12.8 Å². The van der Waals surface area contributed by atoms with Gasteiger partial charge in [-0.25, -0.2) is 0 Å². The lowest BCUT2D eigenvalue weighted by molar-refractivity contribution is 0.0944. The van der Waals surface area contributed by atoms with E-state index in [0.717, 1.165) is 29.9 Å². The molecule has 1 amide bonds. The third kappa shape index (κ3) is 3.32. The zero-order valence-corrected chi connectivity index (χ0v) is 14.4. The highest BCUT2D eigenvalue weighted by Gasteiger charge is 2.22. The molecule has 1 saturated carbocycles. The van der Waals surface area contributed by atoms with E-state index in [2.05, 4.69) is 30.6 Å². The van der Waals surface area contributed by atoms with Crippen LogP contribution in [0.2, 0.25) is 0 Å². The highest BCUT2D eigenvalue weighted by Crippen LogP contribution is 2.28. The van der Waals surface area contributed by atoms with Crippen LogP contribution in [0.4, 0.5) is 0 Å². The van der Waals surface area contributed by atoms with Crippen LogP contribution >= 0.6 is 12.4 Å². The fourth-order valence-electron chi connectivity index (χ4n) is 3.51. The molecule has 0 bridgehead atoms. The van der Waals surface area contributed by atoms with Crippen LogP contribution in [0.1, 0.15) is 59.2 Å². The van der Waals surface area contributed by atoms with Gasteiger partial charge in [-0.3, -0.25) is 14.6 Å². The molecule has 1 aliphatic carbocycles. The molecule has 130 valence electrons. The fourth-order valence-corrected chi connectivity index (χ4v) is 3.51. The van der Waals surface area contributed by atoms with Gasteiger partial charge in [0.25, 0.3) is 5.91 Å². The molecule has 3 N–H and O–H groups in total. The van der Waals surface area contributed by atoms with Gasteiger partial charge >= 0.3 is 0 Å². The van der Waals surface area contributed by atoms with Crippen LogP contribution in [0, 0.1) is 0 Å². The van der Waals surface area contributed by atoms with Crippen molar-refractivity contribution in [2.45, 2.75) is 51.2 Å². The van der Waals surface area contributed by atoms with E-state index in [4.69, 9.17) is 0 Å². The summed E-state index contributed by atoms with van der Waals surface area (Å²) in [5, 5.41) is 18.0. The maximum atomic E-state index is 12.4. The first-order chi connectivity index (χ1) is 11.3. The summed E-state index contributed by atoms with van der Waals surface area (Å²) in [6.07, 6.45) is 7.91. The van der Waals surface area contributed by atoms with Gasteiger partial charge in [0.2, 0.25) is 0 Å². The van der Waals surface area contributed by atoms with Gasteiger partial charge in [-0.05, 0) is 18.9 Å². The summed E-state index contributed by atoms with van der Waals surface area (Å²) >= 11 is 0. The molecule has 0 radical (unpaired) electrons. The number of halogens is 1. The second-order valence-electron chi connectivity index (χ2n) is 6.36. The Kier molecular flexibility index (Phi) is 5.20. The molecule has 0 saturated heterocycles. The average Bonchev–Trinajstić information content (AvgIpc) is 3.31. The molecule has 4 rings (SSSR count). The molecule has 1 aliphatic heterocycles. The van der Waals surface area contributed by atoms with Crippen molar-refractivity contribution in [3.8, 4) is 0 Å². The van der Waals surface area contributed by atoms with Crippen LogP contribution in [0.25, 0.3) is 0 Å². The number of amides is 1. The molecular formula is C16H23ClN6O. The summed E-state index contributed by atoms with van der Waals surface area (Å²) in [7, 11) is 0. The second kappa shape index (κ2) is 7.36. The molecule has 0 aromatic carbocycles. The number of carbonyl (C=O) groups is 1. The summed E-state index contributed by atoms with van der Waals surface area (Å²) in [6, 6.07) is 2.52. The molecule has 1 fully saturated rings. The highest BCUT2D eigenvalue weighted by atomic mass is 35.5. The van der Waals surface area contributed by atoms with Crippen LogP contribution in [0.15, 0.2) is 12.3 Å². The number of rotatable bonds is 4. The summed E-state index contributed by atoms with van der Waals surface area (Å²) in [5.41, 5.74) is 3.46. The Bertz CT molecular complexity index is 703. The first-order valence-electron chi connectivity index (χ1n) is 8.40. The molecular weight excluding hydrogens is 328 g/mol. The number of carbonyl (C=O) groups excluding carboxylic acids is 1. The molecule has 2 aliphatic rings. The Morgan fingerprint density at radius 2 is 2.21 bits per heavy atom. The Morgan fingerprint density at radius 1 is 1.38 bits per heavy atom. The molecule has 7 nitrogen and oxygen atoms in total. The smallest absolute Gasteiger partial charge is 0.272 e. The zero-order valence-electron chi connectivity index (χ0n) is 13.5. The van der Waals surface area contributed by atoms with Crippen molar-refractivity contribution in [3.63, 3.8) is 0 Å². The highest BCUT2D eigenvalue weighted by molar-refractivity contribution is 5.93. The van der Waals surface area contributed by atoms with E-state index in [0.29, 0.717) is 24.8 Å². The SMILES string of the molecule is Cl.O=C(NCc1ccn(C2CCCC2)n1)c1n[nH]c2c1CNCC2. The minimum Gasteiger partial charge on any atom is -0.345 e. The number of aromatic nitrogens is 4. The van der Waals surface area contributed by atoms with E-state index in [1.54, 1.807) is 0 Å². The van der Waals surface area contributed by atoms with Crippen molar-refractivity contribution in [2.75, 3.05) is 6.54 Å². The summed E-state index contributed by atoms with van der Waals surface area (Å²) < 4.78 is 2.05. The molecule has 0 unspecified atom stereocenters. The Hall–Kier alpha value is -1.86. The van der Waals surface area contributed by atoms with Gasteiger partial charge in [-0.2, -0.15) is 10.2 Å². The van der Waals surface area contributed by atoms with Crippen molar-refractivity contribution >= 4 is 18.3 Å². The van der Waals surface area contributed by atoms with Crippen molar-refractivity contribution < 1.29 is 4.79 Å². The Morgan fingerprint density at radius 3 is 3.04 bits per heavy atom. The molecule has 0 atom stereocenters. The number of nitrogens with one attached hydrogen (secondary N) is 3. The first kappa shape index (κ1) is 17.0. The van der Waals surface area contributed by atoms with E-state index in [9.17, 15) is 4.79 Å². The maximum absolute atomic E-state index is 12.4. The molecule has 0 spiro atoms. The van der Waals surface area contributed by atoms with Crippen molar-refractivity contribution in [2.24, 2.45) is 0 Å². The van der Waals surface area contributed by atoms with Crippen LogP contribution in [0.3, 0.4) is 0 Å². The normalized spacial score (nSPS) is 17.3. The third-order valence-electron chi connectivity index (χ3n) is 4.81. The lowest BCUT2D eigenvalue weighted by Crippen LogP contribution is -2.28. The standard InChI is InChI=1S/C16H22N6O.ClH/c23-16(15-13-10-17-7-5-14(13)19-20-15)18-9-11-6-8-22(21-11)12-3-1-2-4-12;/h6,8,12,17H,1-5,7,9-10H2,(H,18,23)(H,19,20);1H. The molecule has 2 aromatic rings. The fraction of sp³-hybridized carbons (Fsp3) is 0.562. The quantitative estimate of drug-likeness (QED) is 0.783. The van der Waals surface area contributed by atoms with Crippen LogP contribution in [-0.2, 0) is 19.5 Å². The van der Waals surface area contributed by atoms with E-state index < -0.39 is 0 Å². The van der Waals surface area contributed by atoms with Gasteiger partial charge in [-0.15, -0.1) is 12.4 Å². The van der Waals surface area contributed by atoms with Crippen LogP contribution in [-0.4, -0.2) is 32.4 Å². The predicted molar refractivity (Wildman–Crippen MR) is 92.1 cm³/mol. The minimum absolute atomic E-state index is 0. The molecule has 3 heterocycles. The summed E-state index contributed by atoms with van der Waals surface area (Å²) in [6.45, 7) is 2.06. The number of fused-ring (bicyclic) bond motifs is 1. The Balaban J connectivity index is 0.00000169. The van der Waals surface area contributed by atoms with E-state index in [1.165, 1.54) is 25.7 Å². The topological polar surface area (TPSA) is 87.6 Å². The van der Waals surface area contributed by atoms with Crippen molar-refractivity contribution in [1.29, 1.82) is 0 Å². The summed E-state index contributed by atoms with van der Waals surface area (Å²) in [4.78, 5) is 12.4. The van der Waals surface area contributed by atoms with Gasteiger partial charge < -0.3 is 10.6 Å². The lowest BCUT2D eigenvalue weighted by atomic mass is 10.1. The molecule has 24 heavy (non-hydrogen) atoms. The van der Waals surface area contributed by atoms with Gasteiger partial charge in [0.15, 0.2) is 5.69 Å². The van der Waals surface area contributed by atoms with Crippen LogP contribution in [0.5, 0.6) is 0 Å². The average molecular weight is 351 g/mol. The Labute approximate surface area is 147 Å². The predicted octanol–water partition coefficient (Wildman–Crippen LogP) is 1.72. The third-order valence-corrected chi connectivity index (χ3v) is 4.81. The van der Waals surface area contributed by atoms with Gasteiger partial charge in [0, 0.05) is 37.0 Å². The molecule has 2 aromatic heterocycles. The van der Waals surface area contributed by atoms with Gasteiger partial charge in [0.05, 0.1) is 18.3 Å². The largest absolute Gasteiger partial charge is 0.345 e. The number of nitrogens with zero attached hydrogens (tertiary/aromatic N) is 3. The number of aromatic amines is 1. The van der Waals surface area contributed by atoms with Crippen LogP contribution < -0.4 is 10.6 Å². The van der Waals surface area contributed by atoms with Crippen molar-refractivity contribution in [1.82, 2.24) is 30.6 Å². The monoisotopic (exact) mass is 350 g/mol. The number of hydrogen-bond acceptors (Lipinski definition) is 4. The second-order valence-corrected chi connectivity index (χ2v) is 6.36. The first-order valence-corrected chi connectivity index (χ1v) is 8.40. The zero-order chi connectivity index (χ0) is 15.6. The van der Waals surface area contributed by atoms with E-state index in [-0.39, 0.29) is 18.3 Å². The summed E-state index contributed by atoms with van der Waals surface area (Å²) in [5.74, 6) is -0.137. The molecule has 8 heteroatoms. The van der Waals surface area contributed by atoms with E-state index >= 15 is 0 Å². The minimum atomic E-state index is -0.137. The van der Waals surface area contributed by atoms with Gasteiger partial charge in [0.1, 0.15) is 0 Å². The maximum Gasteiger partial charge on any atom is 0.272 e. The lowest BCUT2D eigenvalue weighted by Gasteiger charge is -2.12. The van der Waals surface area contributed by atoms with E-state index in [1.807, 2.05) is 12.3 Å². The number of H-pyrrole nitrogens is 1. The number of hydrogen-bond donors (Lipinski definition) is 3. The van der Waals surface area contributed by atoms with Crippen molar-refractivity contribution in [3.05, 3.63) is 34.9 Å².